The fourth-order valence-electron chi connectivity index (χ4n) is 4.50. The number of aromatic nitrogens is 1. The number of nitrogens with zero attached hydrogens (tertiary/aromatic N) is 3. The molecule has 2 N–H and O–H groups in total. The van der Waals surface area contributed by atoms with Crippen LogP contribution in [0.5, 0.6) is 5.75 Å². The lowest BCUT2D eigenvalue weighted by Gasteiger charge is -2.27. The molecular formula is C28H31N5O3S. The van der Waals surface area contributed by atoms with Gasteiger partial charge in [-0.05, 0) is 60.6 Å². The highest BCUT2D eigenvalue weighted by Gasteiger charge is 2.28. The van der Waals surface area contributed by atoms with Gasteiger partial charge in [-0.3, -0.25) is 9.78 Å². The van der Waals surface area contributed by atoms with E-state index >= 15 is 0 Å². The van der Waals surface area contributed by atoms with Crippen molar-refractivity contribution in [3.8, 4) is 11.8 Å². The van der Waals surface area contributed by atoms with E-state index < -0.39 is 0 Å². The maximum absolute atomic E-state index is 12.9. The quantitative estimate of drug-likeness (QED) is 0.422. The number of carbonyl (C=O) groups is 2. The highest BCUT2D eigenvalue weighted by atomic mass is 32.1. The van der Waals surface area contributed by atoms with Gasteiger partial charge in [0.1, 0.15) is 16.8 Å². The van der Waals surface area contributed by atoms with Crippen LogP contribution in [0.1, 0.15) is 53.3 Å². The van der Waals surface area contributed by atoms with Gasteiger partial charge in [0.2, 0.25) is 5.91 Å². The molecule has 0 saturated heterocycles. The number of thiophene rings is 1. The molecule has 37 heavy (non-hydrogen) atoms. The molecule has 4 rings (SSSR count). The molecule has 0 spiro atoms. The van der Waals surface area contributed by atoms with E-state index in [1.807, 2.05) is 50.2 Å². The first kappa shape index (κ1) is 26.2. The van der Waals surface area contributed by atoms with Crippen LogP contribution in [-0.4, -0.2) is 41.5 Å². The number of carbonyl (C=O) groups excluding carboxylic acids is 2. The van der Waals surface area contributed by atoms with Gasteiger partial charge in [0, 0.05) is 36.8 Å². The number of para-hydroxylation sites is 1. The lowest BCUT2D eigenvalue weighted by Crippen LogP contribution is -2.43. The maximum Gasteiger partial charge on any atom is 0.317 e. The number of urea groups is 1. The van der Waals surface area contributed by atoms with Crippen molar-refractivity contribution < 1.29 is 14.3 Å². The molecule has 3 amide bonds. The summed E-state index contributed by atoms with van der Waals surface area (Å²) in [6.07, 6.45) is 5.06. The molecule has 0 fully saturated rings. The van der Waals surface area contributed by atoms with Crippen molar-refractivity contribution in [1.82, 2.24) is 15.2 Å². The molecule has 9 heteroatoms. The van der Waals surface area contributed by atoms with Gasteiger partial charge in [-0.1, -0.05) is 25.1 Å². The lowest BCUT2D eigenvalue weighted by atomic mass is 9.96. The van der Waals surface area contributed by atoms with Gasteiger partial charge < -0.3 is 20.3 Å². The molecule has 2 aromatic heterocycles. The number of benzene rings is 1. The third-order valence-electron chi connectivity index (χ3n) is 6.39. The first-order chi connectivity index (χ1) is 18.0. The zero-order chi connectivity index (χ0) is 26.2. The molecule has 1 aliphatic rings. The lowest BCUT2D eigenvalue weighted by molar-refractivity contribution is -0.116. The topological polar surface area (TPSA) is 107 Å². The summed E-state index contributed by atoms with van der Waals surface area (Å²) >= 11 is 1.38. The van der Waals surface area contributed by atoms with E-state index in [9.17, 15) is 14.9 Å². The summed E-state index contributed by atoms with van der Waals surface area (Å²) in [7, 11) is 0. The molecule has 0 aliphatic carbocycles. The van der Waals surface area contributed by atoms with E-state index in [0.29, 0.717) is 43.2 Å². The van der Waals surface area contributed by atoms with Crippen molar-refractivity contribution in [3.05, 3.63) is 75.9 Å². The SMILES string of the molecule is CCOc1ccccc1[C@H](C)CC(=O)Nc1sc2c(c1C#N)CCN(C(=O)NCCc1ccncc1)C2. The van der Waals surface area contributed by atoms with E-state index in [1.54, 1.807) is 17.3 Å². The van der Waals surface area contributed by atoms with Gasteiger partial charge >= 0.3 is 6.03 Å². The zero-order valence-corrected chi connectivity index (χ0v) is 21.9. The Bertz CT molecular complexity index is 1280. The Kier molecular flexibility index (Phi) is 8.75. The van der Waals surface area contributed by atoms with Crippen molar-refractivity contribution in [3.63, 3.8) is 0 Å². The number of hydrogen-bond acceptors (Lipinski definition) is 6. The predicted molar refractivity (Wildman–Crippen MR) is 144 cm³/mol. The average Bonchev–Trinajstić information content (AvgIpc) is 3.25. The number of fused-ring (bicyclic) bond motifs is 1. The van der Waals surface area contributed by atoms with Crippen molar-refractivity contribution in [2.45, 2.75) is 45.6 Å². The monoisotopic (exact) mass is 517 g/mol. The summed E-state index contributed by atoms with van der Waals surface area (Å²) in [6, 6.07) is 13.8. The van der Waals surface area contributed by atoms with E-state index in [2.05, 4.69) is 21.7 Å². The molecular weight excluding hydrogens is 486 g/mol. The number of ether oxygens (including phenoxy) is 1. The molecule has 1 aliphatic heterocycles. The zero-order valence-electron chi connectivity index (χ0n) is 21.1. The molecule has 192 valence electrons. The standard InChI is InChI=1S/C28H31N5O3S/c1-3-36-24-7-5-4-6-21(24)19(2)16-26(34)32-27-23(17-29)22-11-15-33(18-25(22)37-27)28(35)31-14-10-20-8-12-30-13-9-20/h4-9,12-13,19H,3,10-11,14-16,18H2,1-2H3,(H,31,35)(H,32,34)/t19-/m1/s1. The molecule has 3 aromatic rings. The van der Waals surface area contributed by atoms with Gasteiger partial charge in [0.25, 0.3) is 0 Å². The summed E-state index contributed by atoms with van der Waals surface area (Å²) < 4.78 is 5.71. The van der Waals surface area contributed by atoms with Gasteiger partial charge in [-0.15, -0.1) is 11.3 Å². The highest BCUT2D eigenvalue weighted by Crippen LogP contribution is 2.37. The molecule has 0 bridgehead atoms. The van der Waals surface area contributed by atoms with Gasteiger partial charge in [0.05, 0.1) is 18.7 Å². The van der Waals surface area contributed by atoms with Crippen LogP contribution in [0.2, 0.25) is 0 Å². The molecule has 0 unspecified atom stereocenters. The number of amides is 3. The predicted octanol–water partition coefficient (Wildman–Crippen LogP) is 4.86. The molecule has 3 heterocycles. The summed E-state index contributed by atoms with van der Waals surface area (Å²) in [5, 5.41) is 16.3. The summed E-state index contributed by atoms with van der Waals surface area (Å²) in [5.41, 5.74) is 3.53. The minimum atomic E-state index is -0.153. The van der Waals surface area contributed by atoms with E-state index in [-0.39, 0.29) is 24.3 Å². The number of nitriles is 1. The van der Waals surface area contributed by atoms with E-state index in [1.165, 1.54) is 11.3 Å². The average molecular weight is 518 g/mol. The second kappa shape index (κ2) is 12.4. The smallest absolute Gasteiger partial charge is 0.317 e. The van der Waals surface area contributed by atoms with Crippen LogP contribution in [0.4, 0.5) is 9.80 Å². The number of nitrogens with one attached hydrogen (secondary N) is 2. The van der Waals surface area contributed by atoms with Crippen LogP contribution in [-0.2, 0) is 24.2 Å². The van der Waals surface area contributed by atoms with Crippen LogP contribution in [0.15, 0.2) is 48.8 Å². The number of pyridine rings is 1. The van der Waals surface area contributed by atoms with Crippen molar-refractivity contribution in [1.29, 1.82) is 5.26 Å². The molecule has 0 radical (unpaired) electrons. The van der Waals surface area contributed by atoms with E-state index in [4.69, 9.17) is 4.74 Å². The Balaban J connectivity index is 1.36. The minimum Gasteiger partial charge on any atom is -0.494 e. The molecule has 1 atom stereocenters. The second-order valence-corrected chi connectivity index (χ2v) is 10.1. The minimum absolute atomic E-state index is 0.0470. The van der Waals surface area contributed by atoms with Gasteiger partial charge in [-0.25, -0.2) is 4.79 Å². The first-order valence-corrected chi connectivity index (χ1v) is 13.3. The van der Waals surface area contributed by atoms with Crippen molar-refractivity contribution >= 4 is 28.3 Å². The Labute approximate surface area is 221 Å². The molecule has 0 saturated carbocycles. The Hall–Kier alpha value is -3.90. The normalized spacial score (nSPS) is 13.3. The summed E-state index contributed by atoms with van der Waals surface area (Å²) in [6.45, 7) is 5.96. The Morgan fingerprint density at radius 2 is 2.03 bits per heavy atom. The highest BCUT2D eigenvalue weighted by molar-refractivity contribution is 7.16. The molecule has 8 nitrogen and oxygen atoms in total. The number of anilines is 1. The van der Waals surface area contributed by atoms with Crippen LogP contribution < -0.4 is 15.4 Å². The van der Waals surface area contributed by atoms with Gasteiger partial charge in [0.15, 0.2) is 0 Å². The second-order valence-electron chi connectivity index (χ2n) is 8.95. The van der Waals surface area contributed by atoms with Crippen LogP contribution in [0, 0.1) is 11.3 Å². The fraction of sp³-hybridized carbons (Fsp3) is 0.357. The summed E-state index contributed by atoms with van der Waals surface area (Å²) in [5.74, 6) is 0.586. The Morgan fingerprint density at radius 3 is 2.78 bits per heavy atom. The van der Waals surface area contributed by atoms with Gasteiger partial charge in [-0.2, -0.15) is 5.26 Å². The molecule has 1 aromatic carbocycles. The van der Waals surface area contributed by atoms with E-state index in [0.717, 1.165) is 33.7 Å². The number of hydrogen-bond donors (Lipinski definition) is 2. The largest absolute Gasteiger partial charge is 0.494 e. The third-order valence-corrected chi connectivity index (χ3v) is 7.52. The third kappa shape index (κ3) is 6.46. The first-order valence-electron chi connectivity index (χ1n) is 12.5. The number of rotatable bonds is 9. The Morgan fingerprint density at radius 1 is 1.24 bits per heavy atom. The van der Waals surface area contributed by atoms with Crippen molar-refractivity contribution in [2.75, 3.05) is 25.0 Å². The summed E-state index contributed by atoms with van der Waals surface area (Å²) in [4.78, 5) is 32.4. The van der Waals surface area contributed by atoms with Crippen LogP contribution in [0.25, 0.3) is 0 Å². The maximum atomic E-state index is 12.9. The fourth-order valence-corrected chi connectivity index (χ4v) is 5.73. The van der Waals surface area contributed by atoms with Crippen LogP contribution in [0.3, 0.4) is 0 Å². The van der Waals surface area contributed by atoms with Crippen molar-refractivity contribution in [2.24, 2.45) is 0 Å². The van der Waals surface area contributed by atoms with Crippen LogP contribution >= 0.6 is 11.3 Å².